The molecule has 146 valence electrons. The van der Waals surface area contributed by atoms with E-state index in [4.69, 9.17) is 4.74 Å². The van der Waals surface area contributed by atoms with Crippen molar-refractivity contribution in [2.24, 2.45) is 0 Å². The number of para-hydroxylation sites is 2. The minimum Gasteiger partial charge on any atom is -0.482 e. The van der Waals surface area contributed by atoms with Gasteiger partial charge in [0.15, 0.2) is 12.1 Å². The van der Waals surface area contributed by atoms with E-state index in [2.05, 4.69) is 5.32 Å². The summed E-state index contributed by atoms with van der Waals surface area (Å²) >= 11 is 0. The van der Waals surface area contributed by atoms with E-state index in [1.165, 1.54) is 24.0 Å². The van der Waals surface area contributed by atoms with E-state index in [0.29, 0.717) is 11.4 Å². The molecule has 2 aromatic rings. The number of nitrogens with zero attached hydrogens (tertiary/aromatic N) is 1. The van der Waals surface area contributed by atoms with E-state index in [1.807, 2.05) is 0 Å². The average Bonchev–Trinajstić information content (AvgIpc) is 2.67. The van der Waals surface area contributed by atoms with E-state index in [-0.39, 0.29) is 31.0 Å². The maximum absolute atomic E-state index is 13.1. The van der Waals surface area contributed by atoms with Gasteiger partial charge in [0.1, 0.15) is 11.6 Å². The molecular formula is C20H19FN2O5. The van der Waals surface area contributed by atoms with Gasteiger partial charge in [0.05, 0.1) is 5.69 Å². The Morgan fingerprint density at radius 1 is 1.21 bits per heavy atom. The first-order chi connectivity index (χ1) is 13.3. The van der Waals surface area contributed by atoms with Crippen LogP contribution in [0.5, 0.6) is 5.75 Å². The molecule has 3 rings (SSSR count). The second kappa shape index (κ2) is 7.67. The van der Waals surface area contributed by atoms with Gasteiger partial charge >= 0.3 is 5.97 Å². The van der Waals surface area contributed by atoms with Gasteiger partial charge in [-0.05, 0) is 36.8 Å². The van der Waals surface area contributed by atoms with Crippen LogP contribution >= 0.6 is 0 Å². The zero-order valence-corrected chi connectivity index (χ0v) is 15.1. The molecule has 7 nitrogen and oxygen atoms in total. The van der Waals surface area contributed by atoms with Gasteiger partial charge in [-0.1, -0.05) is 24.3 Å². The number of amides is 2. The third-order valence-electron chi connectivity index (χ3n) is 4.61. The zero-order valence-electron chi connectivity index (χ0n) is 15.1. The second-order valence-corrected chi connectivity index (χ2v) is 6.54. The van der Waals surface area contributed by atoms with Gasteiger partial charge in [0.25, 0.3) is 5.91 Å². The number of anilines is 1. The van der Waals surface area contributed by atoms with Gasteiger partial charge in [-0.3, -0.25) is 9.59 Å². The Balaban J connectivity index is 1.71. The number of aliphatic carboxylic acids is 1. The summed E-state index contributed by atoms with van der Waals surface area (Å²) in [5.74, 6) is -2.08. The van der Waals surface area contributed by atoms with Crippen molar-refractivity contribution in [1.82, 2.24) is 5.32 Å². The van der Waals surface area contributed by atoms with Crippen molar-refractivity contribution in [3.63, 3.8) is 0 Å². The number of carboxylic acids is 1. The number of carboxylic acid groups (broad SMARTS) is 1. The summed E-state index contributed by atoms with van der Waals surface area (Å²) in [5, 5.41) is 12.1. The largest absolute Gasteiger partial charge is 0.482 e. The van der Waals surface area contributed by atoms with E-state index < -0.39 is 23.2 Å². The van der Waals surface area contributed by atoms with Crippen LogP contribution in [0.3, 0.4) is 0 Å². The van der Waals surface area contributed by atoms with Crippen LogP contribution in [0, 0.1) is 5.82 Å². The van der Waals surface area contributed by atoms with Gasteiger partial charge in [-0.15, -0.1) is 0 Å². The van der Waals surface area contributed by atoms with Crippen LogP contribution in [-0.2, 0) is 19.9 Å². The predicted octanol–water partition coefficient (Wildman–Crippen LogP) is 2.06. The van der Waals surface area contributed by atoms with Crippen LogP contribution < -0.4 is 15.0 Å². The summed E-state index contributed by atoms with van der Waals surface area (Å²) in [7, 11) is 0. The minimum absolute atomic E-state index is 0.0736. The molecule has 2 aromatic carbocycles. The second-order valence-electron chi connectivity index (χ2n) is 6.54. The van der Waals surface area contributed by atoms with Crippen molar-refractivity contribution < 1.29 is 28.6 Å². The number of hydrogen-bond donors (Lipinski definition) is 2. The lowest BCUT2D eigenvalue weighted by Crippen LogP contribution is -2.50. The average molecular weight is 386 g/mol. The molecule has 1 aliphatic rings. The Morgan fingerprint density at radius 3 is 2.57 bits per heavy atom. The third kappa shape index (κ3) is 3.80. The van der Waals surface area contributed by atoms with Gasteiger partial charge in [-0.2, -0.15) is 0 Å². The van der Waals surface area contributed by atoms with E-state index in [0.717, 1.165) is 12.1 Å². The Hall–Kier alpha value is -3.42. The molecular weight excluding hydrogens is 367 g/mol. The van der Waals surface area contributed by atoms with Crippen LogP contribution in [0.2, 0.25) is 0 Å². The van der Waals surface area contributed by atoms with Gasteiger partial charge in [0.2, 0.25) is 5.91 Å². The van der Waals surface area contributed by atoms with Crippen molar-refractivity contribution in [1.29, 1.82) is 0 Å². The molecule has 1 aliphatic heterocycles. The first kappa shape index (κ1) is 19.3. The Labute approximate surface area is 160 Å². The zero-order chi connectivity index (χ0) is 20.3. The lowest BCUT2D eigenvalue weighted by Gasteiger charge is -2.30. The topological polar surface area (TPSA) is 95.9 Å². The molecule has 28 heavy (non-hydrogen) atoms. The highest BCUT2D eigenvalue weighted by atomic mass is 19.1. The molecule has 0 saturated carbocycles. The molecule has 1 heterocycles. The number of nitrogens with one attached hydrogen (secondary N) is 1. The molecule has 0 fully saturated rings. The summed E-state index contributed by atoms with van der Waals surface area (Å²) in [4.78, 5) is 37.8. The van der Waals surface area contributed by atoms with Gasteiger partial charge in [-0.25, -0.2) is 9.18 Å². The van der Waals surface area contributed by atoms with Crippen LogP contribution in [0.4, 0.5) is 10.1 Å². The fourth-order valence-corrected chi connectivity index (χ4v) is 2.99. The predicted molar refractivity (Wildman–Crippen MR) is 98.4 cm³/mol. The van der Waals surface area contributed by atoms with Crippen molar-refractivity contribution in [3.05, 3.63) is 59.9 Å². The first-order valence-corrected chi connectivity index (χ1v) is 8.64. The Bertz CT molecular complexity index is 915. The first-order valence-electron chi connectivity index (χ1n) is 8.64. The fourth-order valence-electron chi connectivity index (χ4n) is 2.99. The number of hydrogen-bond acceptors (Lipinski definition) is 4. The minimum atomic E-state index is -1.72. The number of carbonyl (C=O) groups excluding carboxylic acids is 2. The highest BCUT2D eigenvalue weighted by Crippen LogP contribution is 2.31. The van der Waals surface area contributed by atoms with Crippen molar-refractivity contribution >= 4 is 23.5 Å². The Morgan fingerprint density at radius 2 is 1.89 bits per heavy atom. The highest BCUT2D eigenvalue weighted by molar-refractivity contribution is 5.98. The highest BCUT2D eigenvalue weighted by Gasteiger charge is 2.37. The maximum atomic E-state index is 13.1. The molecule has 8 heteroatoms. The van der Waals surface area contributed by atoms with E-state index in [1.54, 1.807) is 24.3 Å². The third-order valence-corrected chi connectivity index (χ3v) is 4.61. The fraction of sp³-hybridized carbons (Fsp3) is 0.250. The number of ether oxygens (including phenoxy) is 1. The summed E-state index contributed by atoms with van der Waals surface area (Å²) in [5.41, 5.74) is -0.925. The van der Waals surface area contributed by atoms with Crippen LogP contribution in [0.15, 0.2) is 48.5 Å². The molecule has 2 amide bonds. The number of halogens is 1. The molecule has 0 radical (unpaired) electrons. The van der Waals surface area contributed by atoms with Crippen molar-refractivity contribution in [2.45, 2.75) is 18.9 Å². The number of benzene rings is 2. The van der Waals surface area contributed by atoms with E-state index >= 15 is 0 Å². The van der Waals surface area contributed by atoms with E-state index in [9.17, 15) is 23.9 Å². The molecule has 0 aromatic heterocycles. The summed E-state index contributed by atoms with van der Waals surface area (Å²) in [6.07, 6.45) is -0.107. The normalized spacial score (nSPS) is 15.2. The molecule has 2 N–H and O–H groups in total. The Kier molecular flexibility index (Phi) is 5.30. The lowest BCUT2D eigenvalue weighted by atomic mass is 9.92. The van der Waals surface area contributed by atoms with Crippen LogP contribution in [0.25, 0.3) is 0 Å². The van der Waals surface area contributed by atoms with Crippen LogP contribution in [-0.4, -0.2) is 36.0 Å². The SMILES string of the molecule is CC(NC(=O)CCN1C(=O)COc2ccccc21)(C(=O)O)c1ccc(F)cc1. The number of rotatable bonds is 6. The summed E-state index contributed by atoms with van der Waals surface area (Å²) < 4.78 is 18.5. The molecule has 0 spiro atoms. The van der Waals surface area contributed by atoms with Crippen molar-refractivity contribution in [2.75, 3.05) is 18.1 Å². The smallest absolute Gasteiger partial charge is 0.333 e. The van der Waals surface area contributed by atoms with Crippen LogP contribution in [0.1, 0.15) is 18.9 Å². The molecule has 1 unspecified atom stereocenters. The quantitative estimate of drug-likeness (QED) is 0.792. The molecule has 0 aliphatic carbocycles. The standard InChI is InChI=1S/C20H19FN2O5/c1-20(19(26)27,13-6-8-14(21)9-7-13)22-17(24)10-11-23-15-4-2-3-5-16(15)28-12-18(23)25/h2-9H,10-12H2,1H3,(H,22,24)(H,26,27). The lowest BCUT2D eigenvalue weighted by molar-refractivity contribution is -0.147. The number of carbonyl (C=O) groups is 3. The monoisotopic (exact) mass is 386 g/mol. The van der Waals surface area contributed by atoms with Gasteiger partial charge in [0, 0.05) is 13.0 Å². The summed E-state index contributed by atoms with van der Waals surface area (Å²) in [6, 6.07) is 11.9. The molecule has 0 bridgehead atoms. The maximum Gasteiger partial charge on any atom is 0.333 e. The van der Waals surface area contributed by atoms with Crippen molar-refractivity contribution in [3.8, 4) is 5.75 Å². The summed E-state index contributed by atoms with van der Waals surface area (Å²) in [6.45, 7) is 1.28. The molecule has 1 atom stereocenters. The van der Waals surface area contributed by atoms with Gasteiger partial charge < -0.3 is 20.1 Å². The molecule has 0 saturated heterocycles. The number of fused-ring (bicyclic) bond motifs is 1.